The summed E-state index contributed by atoms with van der Waals surface area (Å²) >= 11 is 0. The summed E-state index contributed by atoms with van der Waals surface area (Å²) in [6.07, 6.45) is 5.38. The lowest BCUT2D eigenvalue weighted by Crippen LogP contribution is -2.01. The number of hydrogen-bond acceptors (Lipinski definition) is 6. The van der Waals surface area contributed by atoms with E-state index in [1.807, 2.05) is 77.6 Å². The number of methoxy groups -OCH3 is 1. The van der Waals surface area contributed by atoms with Gasteiger partial charge in [-0.25, -0.2) is 14.6 Å². The van der Waals surface area contributed by atoms with Crippen LogP contribution < -0.4 is 10.1 Å². The molecule has 5 aromatic rings. The van der Waals surface area contributed by atoms with Gasteiger partial charge < -0.3 is 10.1 Å². The molecule has 7 heteroatoms. The molecule has 0 bridgehead atoms. The third kappa shape index (κ3) is 3.44. The van der Waals surface area contributed by atoms with E-state index in [1.54, 1.807) is 19.5 Å². The number of pyridine rings is 1. The molecule has 0 saturated heterocycles. The van der Waals surface area contributed by atoms with Gasteiger partial charge in [-0.2, -0.15) is 5.10 Å². The monoisotopic (exact) mass is 394 g/mol. The number of anilines is 2. The number of nitrogens with one attached hydrogen (secondary N) is 1. The first-order valence-corrected chi connectivity index (χ1v) is 9.44. The van der Waals surface area contributed by atoms with Crippen LogP contribution in [0.4, 0.5) is 11.6 Å². The Balaban J connectivity index is 1.59. The second kappa shape index (κ2) is 7.63. The zero-order chi connectivity index (χ0) is 20.3. The van der Waals surface area contributed by atoms with Crippen LogP contribution in [0.5, 0.6) is 5.75 Å². The number of ether oxygens (including phenoxy) is 1. The molecule has 0 radical (unpaired) electrons. The molecule has 7 nitrogen and oxygen atoms in total. The summed E-state index contributed by atoms with van der Waals surface area (Å²) in [6.45, 7) is 0. The van der Waals surface area contributed by atoms with Gasteiger partial charge in [0.05, 0.1) is 18.3 Å². The van der Waals surface area contributed by atoms with Crippen molar-refractivity contribution in [1.29, 1.82) is 0 Å². The average molecular weight is 394 g/mol. The average Bonchev–Trinajstić information content (AvgIpc) is 3.28. The number of benzene rings is 2. The fourth-order valence-electron chi connectivity index (χ4n) is 3.19. The molecule has 1 N–H and O–H groups in total. The van der Waals surface area contributed by atoms with Crippen molar-refractivity contribution in [2.24, 2.45) is 0 Å². The molecule has 0 spiro atoms. The van der Waals surface area contributed by atoms with Gasteiger partial charge in [0, 0.05) is 35.6 Å². The highest BCUT2D eigenvalue weighted by molar-refractivity contribution is 5.93. The van der Waals surface area contributed by atoms with Gasteiger partial charge in [-0.05, 0) is 42.5 Å². The number of para-hydroxylation sites is 1. The van der Waals surface area contributed by atoms with E-state index in [4.69, 9.17) is 14.7 Å². The summed E-state index contributed by atoms with van der Waals surface area (Å²) in [6, 6.07) is 21.4. The van der Waals surface area contributed by atoms with Crippen LogP contribution in [-0.2, 0) is 0 Å². The van der Waals surface area contributed by atoms with Crippen molar-refractivity contribution in [2.45, 2.75) is 0 Å². The first-order valence-electron chi connectivity index (χ1n) is 9.44. The van der Waals surface area contributed by atoms with E-state index < -0.39 is 0 Å². The molecule has 0 fully saturated rings. The Morgan fingerprint density at radius 1 is 0.933 bits per heavy atom. The lowest BCUT2D eigenvalue weighted by atomic mass is 10.2. The van der Waals surface area contributed by atoms with Crippen molar-refractivity contribution < 1.29 is 4.74 Å². The molecule has 2 aromatic carbocycles. The fourth-order valence-corrected chi connectivity index (χ4v) is 3.19. The molecule has 5 rings (SSSR count). The van der Waals surface area contributed by atoms with Gasteiger partial charge in [0.2, 0.25) is 0 Å². The number of aromatic nitrogens is 5. The molecule has 0 unspecified atom stereocenters. The Morgan fingerprint density at radius 3 is 2.63 bits per heavy atom. The third-order valence-corrected chi connectivity index (χ3v) is 4.68. The predicted octanol–water partition coefficient (Wildman–Crippen LogP) is 4.63. The highest BCUT2D eigenvalue weighted by Gasteiger charge is 2.12. The quantitative estimate of drug-likeness (QED) is 0.468. The first-order chi connectivity index (χ1) is 14.8. The van der Waals surface area contributed by atoms with E-state index >= 15 is 0 Å². The SMILES string of the molecule is COc1ccc2nc(-c3cccnc3)nc(Nc3ccn(-c4ccccc4)n3)c2c1. The minimum atomic E-state index is 0.589. The molecule has 0 atom stereocenters. The van der Waals surface area contributed by atoms with Crippen molar-refractivity contribution in [1.82, 2.24) is 24.7 Å². The Kier molecular flexibility index (Phi) is 4.53. The van der Waals surface area contributed by atoms with Crippen LogP contribution in [0.2, 0.25) is 0 Å². The van der Waals surface area contributed by atoms with Crippen LogP contribution in [0, 0.1) is 0 Å². The molecular weight excluding hydrogens is 376 g/mol. The predicted molar refractivity (Wildman–Crippen MR) is 116 cm³/mol. The van der Waals surface area contributed by atoms with Crippen LogP contribution in [0.25, 0.3) is 28.0 Å². The Morgan fingerprint density at radius 2 is 1.83 bits per heavy atom. The van der Waals surface area contributed by atoms with E-state index in [0.29, 0.717) is 17.5 Å². The third-order valence-electron chi connectivity index (χ3n) is 4.68. The molecule has 146 valence electrons. The lowest BCUT2D eigenvalue weighted by Gasteiger charge is -2.11. The Labute approximate surface area is 173 Å². The molecule has 0 aliphatic heterocycles. The minimum absolute atomic E-state index is 0.589. The fraction of sp³-hybridized carbons (Fsp3) is 0.0435. The molecule has 3 heterocycles. The maximum absolute atomic E-state index is 5.39. The smallest absolute Gasteiger partial charge is 0.163 e. The molecular formula is C23H18N6O. The second-order valence-electron chi connectivity index (χ2n) is 6.63. The van der Waals surface area contributed by atoms with E-state index in [0.717, 1.165) is 27.9 Å². The summed E-state index contributed by atoms with van der Waals surface area (Å²) in [7, 11) is 1.64. The van der Waals surface area contributed by atoms with Crippen LogP contribution in [0.1, 0.15) is 0 Å². The van der Waals surface area contributed by atoms with Crippen molar-refractivity contribution in [3.8, 4) is 22.8 Å². The van der Waals surface area contributed by atoms with Crippen LogP contribution in [-0.4, -0.2) is 31.8 Å². The Bertz CT molecular complexity index is 1300. The van der Waals surface area contributed by atoms with Crippen molar-refractivity contribution in [2.75, 3.05) is 12.4 Å². The topological polar surface area (TPSA) is 77.8 Å². The van der Waals surface area contributed by atoms with Gasteiger partial charge in [0.1, 0.15) is 11.6 Å². The maximum Gasteiger partial charge on any atom is 0.163 e. The van der Waals surface area contributed by atoms with Gasteiger partial charge in [-0.3, -0.25) is 4.98 Å². The van der Waals surface area contributed by atoms with Gasteiger partial charge in [0.15, 0.2) is 11.6 Å². The summed E-state index contributed by atoms with van der Waals surface area (Å²) in [5.41, 5.74) is 2.62. The lowest BCUT2D eigenvalue weighted by molar-refractivity contribution is 0.415. The van der Waals surface area contributed by atoms with Crippen molar-refractivity contribution in [3.63, 3.8) is 0 Å². The van der Waals surface area contributed by atoms with E-state index in [1.165, 1.54) is 0 Å². The van der Waals surface area contributed by atoms with Crippen molar-refractivity contribution >= 4 is 22.5 Å². The molecule has 0 saturated carbocycles. The molecule has 0 aliphatic carbocycles. The van der Waals surface area contributed by atoms with Gasteiger partial charge >= 0.3 is 0 Å². The molecule has 30 heavy (non-hydrogen) atoms. The largest absolute Gasteiger partial charge is 0.497 e. The van der Waals surface area contributed by atoms with Gasteiger partial charge in [0.25, 0.3) is 0 Å². The van der Waals surface area contributed by atoms with E-state index in [2.05, 4.69) is 15.4 Å². The van der Waals surface area contributed by atoms with Crippen LogP contribution >= 0.6 is 0 Å². The highest BCUT2D eigenvalue weighted by atomic mass is 16.5. The molecule has 0 amide bonds. The zero-order valence-electron chi connectivity index (χ0n) is 16.2. The van der Waals surface area contributed by atoms with Crippen LogP contribution in [0.3, 0.4) is 0 Å². The maximum atomic E-state index is 5.39. The highest BCUT2D eigenvalue weighted by Crippen LogP contribution is 2.29. The standard InChI is InChI=1S/C23H18N6O/c1-30-18-9-10-20-19(14-18)23(27-22(25-20)16-6-5-12-24-15-16)26-21-11-13-29(28-21)17-7-3-2-4-8-17/h2-15H,1H3,(H,25,26,27,28). The van der Waals surface area contributed by atoms with Crippen molar-refractivity contribution in [3.05, 3.63) is 85.3 Å². The van der Waals surface area contributed by atoms with Gasteiger partial charge in [-0.15, -0.1) is 0 Å². The number of rotatable bonds is 5. The second-order valence-corrected chi connectivity index (χ2v) is 6.63. The number of hydrogen-bond donors (Lipinski definition) is 1. The molecule has 3 aromatic heterocycles. The first kappa shape index (κ1) is 17.8. The number of nitrogens with zero attached hydrogens (tertiary/aromatic N) is 5. The summed E-state index contributed by atoms with van der Waals surface area (Å²) < 4.78 is 7.21. The normalized spacial score (nSPS) is 10.8. The summed E-state index contributed by atoms with van der Waals surface area (Å²) in [5.74, 6) is 2.65. The van der Waals surface area contributed by atoms with E-state index in [-0.39, 0.29) is 0 Å². The minimum Gasteiger partial charge on any atom is -0.497 e. The Hall–Kier alpha value is -4.26. The zero-order valence-corrected chi connectivity index (χ0v) is 16.2. The number of fused-ring (bicyclic) bond motifs is 1. The summed E-state index contributed by atoms with van der Waals surface area (Å²) in [4.78, 5) is 13.6. The van der Waals surface area contributed by atoms with E-state index in [9.17, 15) is 0 Å². The molecule has 0 aliphatic rings. The van der Waals surface area contributed by atoms with Gasteiger partial charge in [-0.1, -0.05) is 18.2 Å². The summed E-state index contributed by atoms with van der Waals surface area (Å²) in [5, 5.41) is 8.81. The van der Waals surface area contributed by atoms with Crippen LogP contribution in [0.15, 0.2) is 85.3 Å².